The van der Waals surface area contributed by atoms with E-state index in [-0.39, 0.29) is 17.6 Å². The fourth-order valence-corrected chi connectivity index (χ4v) is 2.69. The monoisotopic (exact) mass is 397 g/mol. The third kappa shape index (κ3) is 5.63. The SMILES string of the molecule is Cc1nn(C)c(C)c1/C=C/C(=O)O[C@H](C)C(=O)c1ccc(NC(=O)C(C)C)cc1. The number of amides is 1. The Bertz CT molecular complexity index is 940. The maximum absolute atomic E-state index is 12.5. The van der Waals surface area contributed by atoms with Crippen LogP contribution in [0.2, 0.25) is 0 Å². The number of benzene rings is 1. The molecule has 29 heavy (non-hydrogen) atoms. The van der Waals surface area contributed by atoms with Crippen LogP contribution in [-0.4, -0.2) is 33.5 Å². The number of ether oxygens (including phenoxy) is 1. The summed E-state index contributed by atoms with van der Waals surface area (Å²) in [5.74, 6) is -1.16. The van der Waals surface area contributed by atoms with Crippen LogP contribution in [0, 0.1) is 19.8 Å². The second kappa shape index (κ2) is 9.32. The first kappa shape index (κ1) is 22.1. The van der Waals surface area contributed by atoms with Crippen molar-refractivity contribution in [2.45, 2.75) is 40.7 Å². The lowest BCUT2D eigenvalue weighted by atomic mass is 10.1. The molecule has 1 amide bonds. The number of hydrogen-bond donors (Lipinski definition) is 1. The van der Waals surface area contributed by atoms with Crippen LogP contribution in [0.15, 0.2) is 30.3 Å². The van der Waals surface area contributed by atoms with Gasteiger partial charge in [0.05, 0.1) is 5.69 Å². The summed E-state index contributed by atoms with van der Waals surface area (Å²) in [6, 6.07) is 6.49. The molecular formula is C22H27N3O4. The van der Waals surface area contributed by atoms with Gasteiger partial charge in [-0.25, -0.2) is 4.79 Å². The van der Waals surface area contributed by atoms with Gasteiger partial charge in [-0.15, -0.1) is 0 Å². The highest BCUT2D eigenvalue weighted by molar-refractivity contribution is 6.01. The smallest absolute Gasteiger partial charge is 0.331 e. The number of anilines is 1. The van der Waals surface area contributed by atoms with Crippen molar-refractivity contribution >= 4 is 29.4 Å². The number of carbonyl (C=O) groups excluding carboxylic acids is 3. The molecule has 1 N–H and O–H groups in total. The van der Waals surface area contributed by atoms with Gasteiger partial charge in [0.2, 0.25) is 11.7 Å². The number of nitrogens with one attached hydrogen (secondary N) is 1. The van der Waals surface area contributed by atoms with Gasteiger partial charge in [-0.3, -0.25) is 14.3 Å². The van der Waals surface area contributed by atoms with Crippen LogP contribution in [-0.2, 0) is 21.4 Å². The van der Waals surface area contributed by atoms with Gasteiger partial charge in [-0.05, 0) is 51.1 Å². The number of Topliss-reactive ketones (excluding diaryl/α,β-unsaturated/α-hetero) is 1. The first-order valence-electron chi connectivity index (χ1n) is 9.44. The highest BCUT2D eigenvalue weighted by Gasteiger charge is 2.19. The Morgan fingerprint density at radius 3 is 2.24 bits per heavy atom. The predicted molar refractivity (Wildman–Crippen MR) is 112 cm³/mol. The number of aromatic nitrogens is 2. The van der Waals surface area contributed by atoms with Gasteiger partial charge in [-0.1, -0.05) is 13.8 Å². The van der Waals surface area contributed by atoms with Gasteiger partial charge in [-0.2, -0.15) is 5.10 Å². The Morgan fingerprint density at radius 2 is 1.72 bits per heavy atom. The fraction of sp³-hybridized carbons (Fsp3) is 0.364. The lowest BCUT2D eigenvalue weighted by molar-refractivity contribution is -0.140. The molecule has 0 fully saturated rings. The fourth-order valence-electron chi connectivity index (χ4n) is 2.69. The van der Waals surface area contributed by atoms with Crippen molar-refractivity contribution in [3.05, 3.63) is 52.9 Å². The summed E-state index contributed by atoms with van der Waals surface area (Å²) < 4.78 is 6.96. The molecule has 0 unspecified atom stereocenters. The molecule has 2 aromatic rings. The molecule has 0 saturated carbocycles. The lowest BCUT2D eigenvalue weighted by Gasteiger charge is -2.12. The molecule has 0 radical (unpaired) electrons. The molecule has 1 aromatic heterocycles. The summed E-state index contributed by atoms with van der Waals surface area (Å²) >= 11 is 0. The molecule has 7 nitrogen and oxygen atoms in total. The summed E-state index contributed by atoms with van der Waals surface area (Å²) in [7, 11) is 1.83. The minimum atomic E-state index is -0.931. The van der Waals surface area contributed by atoms with Gasteiger partial charge >= 0.3 is 5.97 Å². The summed E-state index contributed by atoms with van der Waals surface area (Å²) in [5.41, 5.74) is 3.59. The Labute approximate surface area is 170 Å². The Kier molecular flexibility index (Phi) is 7.09. The van der Waals surface area contributed by atoms with E-state index in [1.165, 1.54) is 13.0 Å². The van der Waals surface area contributed by atoms with Gasteiger partial charge in [0.1, 0.15) is 0 Å². The number of carbonyl (C=O) groups is 3. The Hall–Kier alpha value is -3.22. The first-order valence-corrected chi connectivity index (χ1v) is 9.44. The van der Waals surface area contributed by atoms with E-state index in [1.807, 2.05) is 20.9 Å². The summed E-state index contributed by atoms with van der Waals surface area (Å²) in [6.45, 7) is 8.90. The molecule has 0 aliphatic rings. The van der Waals surface area contributed by atoms with E-state index in [2.05, 4.69) is 10.4 Å². The molecule has 7 heteroatoms. The van der Waals surface area contributed by atoms with Gasteiger partial charge in [0.25, 0.3) is 0 Å². The average Bonchev–Trinajstić information content (AvgIpc) is 2.91. The number of rotatable bonds is 7. The van der Waals surface area contributed by atoms with Crippen molar-refractivity contribution in [1.82, 2.24) is 9.78 Å². The van der Waals surface area contributed by atoms with Gasteiger partial charge in [0.15, 0.2) is 6.10 Å². The van der Waals surface area contributed by atoms with E-state index in [4.69, 9.17) is 4.74 Å². The van der Waals surface area contributed by atoms with Crippen LogP contribution < -0.4 is 5.32 Å². The Balaban J connectivity index is 1.98. The molecule has 0 aliphatic heterocycles. The number of aryl methyl sites for hydroxylation is 2. The summed E-state index contributed by atoms with van der Waals surface area (Å²) in [4.78, 5) is 36.3. The minimum Gasteiger partial charge on any atom is -0.451 e. The van der Waals surface area contributed by atoms with E-state index in [0.29, 0.717) is 11.3 Å². The highest BCUT2D eigenvalue weighted by atomic mass is 16.5. The van der Waals surface area contributed by atoms with E-state index in [0.717, 1.165) is 17.0 Å². The molecule has 154 valence electrons. The summed E-state index contributed by atoms with van der Waals surface area (Å²) in [5, 5.41) is 7.05. The third-order valence-electron chi connectivity index (χ3n) is 4.57. The zero-order valence-electron chi connectivity index (χ0n) is 17.6. The van der Waals surface area contributed by atoms with E-state index in [9.17, 15) is 14.4 Å². The third-order valence-corrected chi connectivity index (χ3v) is 4.57. The zero-order chi connectivity index (χ0) is 21.7. The first-order chi connectivity index (χ1) is 13.6. The average molecular weight is 397 g/mol. The topological polar surface area (TPSA) is 90.3 Å². The molecule has 1 heterocycles. The van der Waals surface area contributed by atoms with Gasteiger partial charge < -0.3 is 10.1 Å². The predicted octanol–water partition coefficient (Wildman–Crippen LogP) is 3.46. The molecule has 0 spiro atoms. The number of ketones is 1. The van der Waals surface area contributed by atoms with Crippen LogP contribution >= 0.6 is 0 Å². The molecule has 0 aliphatic carbocycles. The standard InChI is InChI=1S/C22H27N3O4/c1-13(2)22(28)23-18-9-7-17(8-10-18)21(27)16(5)29-20(26)12-11-19-14(3)24-25(6)15(19)4/h7-13,16H,1-6H3,(H,23,28)/b12-11+/t16-/m1/s1. The van der Waals surface area contributed by atoms with Crippen molar-refractivity contribution in [2.24, 2.45) is 13.0 Å². The summed E-state index contributed by atoms with van der Waals surface area (Å²) in [6.07, 6.45) is 2.01. The molecule has 1 aromatic carbocycles. The van der Waals surface area contributed by atoms with Crippen molar-refractivity contribution in [1.29, 1.82) is 0 Å². The van der Waals surface area contributed by atoms with E-state index < -0.39 is 12.1 Å². The second-order valence-corrected chi connectivity index (χ2v) is 7.21. The maximum atomic E-state index is 12.5. The van der Waals surface area contributed by atoms with Crippen LogP contribution in [0.3, 0.4) is 0 Å². The molecule has 0 bridgehead atoms. The quantitative estimate of drug-likeness (QED) is 0.439. The van der Waals surface area contributed by atoms with Crippen molar-refractivity contribution < 1.29 is 19.1 Å². The van der Waals surface area contributed by atoms with E-state index in [1.54, 1.807) is 48.9 Å². The molecule has 1 atom stereocenters. The largest absolute Gasteiger partial charge is 0.451 e. The lowest BCUT2D eigenvalue weighted by Crippen LogP contribution is -2.23. The van der Waals surface area contributed by atoms with Crippen molar-refractivity contribution in [3.8, 4) is 0 Å². The number of esters is 1. The molecular weight excluding hydrogens is 370 g/mol. The minimum absolute atomic E-state index is 0.0998. The maximum Gasteiger partial charge on any atom is 0.331 e. The number of nitrogens with zero attached hydrogens (tertiary/aromatic N) is 2. The van der Waals surface area contributed by atoms with Crippen LogP contribution in [0.4, 0.5) is 5.69 Å². The van der Waals surface area contributed by atoms with Gasteiger partial charge in [0, 0.05) is 41.5 Å². The van der Waals surface area contributed by atoms with Crippen LogP contribution in [0.25, 0.3) is 6.08 Å². The normalized spacial score (nSPS) is 12.2. The molecule has 2 rings (SSSR count). The van der Waals surface area contributed by atoms with Crippen molar-refractivity contribution in [3.63, 3.8) is 0 Å². The van der Waals surface area contributed by atoms with Crippen molar-refractivity contribution in [2.75, 3.05) is 5.32 Å². The van der Waals surface area contributed by atoms with E-state index >= 15 is 0 Å². The zero-order valence-corrected chi connectivity index (χ0v) is 17.6. The van der Waals surface area contributed by atoms with Crippen LogP contribution in [0.5, 0.6) is 0 Å². The van der Waals surface area contributed by atoms with Crippen LogP contribution in [0.1, 0.15) is 48.1 Å². The second-order valence-electron chi connectivity index (χ2n) is 7.21. The molecule has 0 saturated heterocycles. The number of hydrogen-bond acceptors (Lipinski definition) is 5. The highest BCUT2D eigenvalue weighted by Crippen LogP contribution is 2.15. The Morgan fingerprint density at radius 1 is 1.10 bits per heavy atom.